The lowest BCUT2D eigenvalue weighted by Gasteiger charge is -2.35. The Hall–Kier alpha value is -3.52. The predicted octanol–water partition coefficient (Wildman–Crippen LogP) is 4.74. The van der Waals surface area contributed by atoms with Crippen molar-refractivity contribution in [2.45, 2.75) is 48.1 Å². The van der Waals surface area contributed by atoms with Gasteiger partial charge in [0.15, 0.2) is 0 Å². The Kier molecular flexibility index (Phi) is 9.21. The molecule has 1 saturated heterocycles. The second kappa shape index (κ2) is 12.1. The molecule has 0 atom stereocenters. The van der Waals surface area contributed by atoms with Crippen molar-refractivity contribution < 1.29 is 14.4 Å². The minimum atomic E-state index is -0.257. The minimum absolute atomic E-state index is 0.000448. The fourth-order valence-corrected chi connectivity index (χ4v) is 4.11. The quantitative estimate of drug-likeness (QED) is 0.555. The van der Waals surface area contributed by atoms with Gasteiger partial charge in [-0.25, -0.2) is 9.79 Å². The number of nitrogens with one attached hydrogen (secondary N) is 2. The number of amides is 4. The van der Waals surface area contributed by atoms with E-state index in [0.717, 1.165) is 29.9 Å². The maximum Gasteiger partial charge on any atom is 0.319 e. The molecule has 8 heteroatoms. The topological polar surface area (TPSA) is 94.1 Å². The average Bonchev–Trinajstić information content (AvgIpc) is 2.82. The summed E-state index contributed by atoms with van der Waals surface area (Å²) in [7, 11) is 0. The SMILES string of the molecule is CC(C)=NC(=O)c1cccc(CN2CCN(C(=O)c3ccc(NC(=O)NCC(C)(C)C)cc3C)CC2)c1. The monoisotopic (exact) mass is 505 g/mol. The number of piperazine rings is 1. The van der Waals surface area contributed by atoms with Gasteiger partial charge in [0.1, 0.15) is 0 Å². The van der Waals surface area contributed by atoms with Gasteiger partial charge in [-0.3, -0.25) is 14.5 Å². The smallest absolute Gasteiger partial charge is 0.319 e. The highest BCUT2D eigenvalue weighted by Crippen LogP contribution is 2.19. The number of nitrogens with zero attached hydrogens (tertiary/aromatic N) is 3. The maximum atomic E-state index is 13.2. The molecule has 1 aliphatic rings. The maximum absolute atomic E-state index is 13.2. The van der Waals surface area contributed by atoms with Gasteiger partial charge in [0.2, 0.25) is 0 Å². The van der Waals surface area contributed by atoms with Crippen LogP contribution in [0.2, 0.25) is 0 Å². The van der Waals surface area contributed by atoms with Crippen molar-refractivity contribution >= 4 is 29.2 Å². The van der Waals surface area contributed by atoms with Crippen LogP contribution in [0.4, 0.5) is 10.5 Å². The van der Waals surface area contributed by atoms with E-state index in [1.807, 2.05) is 49.9 Å². The summed E-state index contributed by atoms with van der Waals surface area (Å²) in [6, 6.07) is 12.7. The zero-order chi connectivity index (χ0) is 27.2. The molecule has 0 unspecified atom stereocenters. The summed E-state index contributed by atoms with van der Waals surface area (Å²) in [5, 5.41) is 5.70. The Morgan fingerprint density at radius 3 is 2.30 bits per heavy atom. The summed E-state index contributed by atoms with van der Waals surface area (Å²) in [4.78, 5) is 45.8. The third-order valence-electron chi connectivity index (χ3n) is 6.06. The van der Waals surface area contributed by atoms with E-state index in [0.29, 0.717) is 43.0 Å². The first-order valence-electron chi connectivity index (χ1n) is 12.7. The summed E-state index contributed by atoms with van der Waals surface area (Å²) < 4.78 is 0. The largest absolute Gasteiger partial charge is 0.337 e. The molecule has 0 aromatic heterocycles. The lowest BCUT2D eigenvalue weighted by Crippen LogP contribution is -2.48. The highest BCUT2D eigenvalue weighted by atomic mass is 16.2. The number of carbonyl (C=O) groups excluding carboxylic acids is 3. The van der Waals surface area contributed by atoms with Gasteiger partial charge in [0, 0.05) is 61.8 Å². The second-order valence-corrected chi connectivity index (χ2v) is 11.0. The molecule has 1 aliphatic heterocycles. The third kappa shape index (κ3) is 8.53. The Labute approximate surface area is 220 Å². The van der Waals surface area contributed by atoms with Crippen LogP contribution >= 0.6 is 0 Å². The summed E-state index contributed by atoms with van der Waals surface area (Å²) in [5.41, 5.74) is 4.51. The normalized spacial score (nSPS) is 14.2. The van der Waals surface area contributed by atoms with E-state index >= 15 is 0 Å². The lowest BCUT2D eigenvalue weighted by molar-refractivity contribution is 0.0627. The summed E-state index contributed by atoms with van der Waals surface area (Å²) in [6.45, 7) is 15.7. The predicted molar refractivity (Wildman–Crippen MR) is 148 cm³/mol. The van der Waals surface area contributed by atoms with Crippen LogP contribution in [0.25, 0.3) is 0 Å². The highest BCUT2D eigenvalue weighted by molar-refractivity contribution is 6.02. The number of benzene rings is 2. The fraction of sp³-hybridized carbons (Fsp3) is 0.448. The van der Waals surface area contributed by atoms with Crippen molar-refractivity contribution in [3.8, 4) is 0 Å². The van der Waals surface area contributed by atoms with Gasteiger partial charge >= 0.3 is 6.03 Å². The Balaban J connectivity index is 1.54. The first-order valence-corrected chi connectivity index (χ1v) is 12.7. The molecule has 0 radical (unpaired) electrons. The molecule has 2 N–H and O–H groups in total. The zero-order valence-corrected chi connectivity index (χ0v) is 22.9. The van der Waals surface area contributed by atoms with E-state index in [1.165, 1.54) is 0 Å². The summed E-state index contributed by atoms with van der Waals surface area (Å²) in [5.74, 6) is -0.222. The van der Waals surface area contributed by atoms with E-state index in [9.17, 15) is 14.4 Å². The van der Waals surface area contributed by atoms with Gasteiger partial charge in [-0.2, -0.15) is 0 Å². The molecule has 0 spiro atoms. The molecule has 2 aromatic carbocycles. The number of carbonyl (C=O) groups is 3. The van der Waals surface area contributed by atoms with Crippen LogP contribution in [-0.4, -0.2) is 66.1 Å². The standard InChI is InChI=1S/C29H39N5O3/c1-20(2)31-26(35)23-9-7-8-22(17-23)18-33-12-14-34(15-13-33)27(36)25-11-10-24(16-21(25)3)32-28(37)30-19-29(4,5)6/h7-11,16-17H,12-15,18-19H2,1-6H3,(H2,30,32,37). The van der Waals surface area contributed by atoms with Crippen LogP contribution in [-0.2, 0) is 6.54 Å². The molecular weight excluding hydrogens is 466 g/mol. The Morgan fingerprint density at radius 2 is 1.68 bits per heavy atom. The number of aliphatic imine (C=N–C) groups is 1. The molecule has 1 heterocycles. The number of urea groups is 1. The molecule has 0 saturated carbocycles. The molecule has 8 nitrogen and oxygen atoms in total. The molecule has 1 fully saturated rings. The van der Waals surface area contributed by atoms with E-state index in [2.05, 4.69) is 41.3 Å². The van der Waals surface area contributed by atoms with Gasteiger partial charge in [-0.15, -0.1) is 0 Å². The van der Waals surface area contributed by atoms with Crippen molar-refractivity contribution in [1.82, 2.24) is 15.1 Å². The number of rotatable bonds is 6. The molecule has 0 aliphatic carbocycles. The van der Waals surface area contributed by atoms with E-state index in [4.69, 9.17) is 0 Å². The van der Waals surface area contributed by atoms with E-state index < -0.39 is 0 Å². The van der Waals surface area contributed by atoms with Gasteiger partial charge < -0.3 is 15.5 Å². The number of hydrogen-bond donors (Lipinski definition) is 2. The molecule has 198 valence electrons. The molecule has 2 aromatic rings. The molecule has 37 heavy (non-hydrogen) atoms. The van der Waals surface area contributed by atoms with Crippen LogP contribution in [0.3, 0.4) is 0 Å². The number of hydrogen-bond acceptors (Lipinski definition) is 4. The first kappa shape index (κ1) is 28.1. The zero-order valence-electron chi connectivity index (χ0n) is 22.9. The van der Waals surface area contributed by atoms with Crippen LogP contribution in [0.5, 0.6) is 0 Å². The summed E-state index contributed by atoms with van der Waals surface area (Å²) >= 11 is 0. The van der Waals surface area contributed by atoms with Gasteiger partial charge in [0.05, 0.1) is 0 Å². The van der Waals surface area contributed by atoms with Crippen LogP contribution < -0.4 is 10.6 Å². The van der Waals surface area contributed by atoms with Crippen LogP contribution in [0.1, 0.15) is 66.5 Å². The van der Waals surface area contributed by atoms with Gasteiger partial charge in [-0.05, 0) is 67.6 Å². The Morgan fingerprint density at radius 1 is 0.973 bits per heavy atom. The molecule has 4 amide bonds. The van der Waals surface area contributed by atoms with Crippen molar-refractivity contribution in [3.63, 3.8) is 0 Å². The number of anilines is 1. The number of aryl methyl sites for hydroxylation is 1. The molecular formula is C29H39N5O3. The van der Waals surface area contributed by atoms with E-state index in [-0.39, 0.29) is 23.3 Å². The first-order chi connectivity index (χ1) is 17.4. The van der Waals surface area contributed by atoms with Crippen molar-refractivity contribution in [2.24, 2.45) is 10.4 Å². The van der Waals surface area contributed by atoms with Crippen molar-refractivity contribution in [2.75, 3.05) is 38.0 Å². The Bertz CT molecular complexity index is 1170. The lowest BCUT2D eigenvalue weighted by atomic mass is 9.97. The van der Waals surface area contributed by atoms with E-state index in [1.54, 1.807) is 18.2 Å². The third-order valence-corrected chi connectivity index (χ3v) is 6.06. The molecule has 0 bridgehead atoms. The van der Waals surface area contributed by atoms with Gasteiger partial charge in [-0.1, -0.05) is 32.9 Å². The second-order valence-electron chi connectivity index (χ2n) is 11.0. The van der Waals surface area contributed by atoms with Gasteiger partial charge in [0.25, 0.3) is 11.8 Å². The average molecular weight is 506 g/mol. The fourth-order valence-electron chi connectivity index (χ4n) is 4.11. The molecule has 3 rings (SSSR count). The van der Waals surface area contributed by atoms with Crippen molar-refractivity contribution in [3.05, 3.63) is 64.7 Å². The highest BCUT2D eigenvalue weighted by Gasteiger charge is 2.23. The summed E-state index contributed by atoms with van der Waals surface area (Å²) in [6.07, 6.45) is 0. The van der Waals surface area contributed by atoms with Crippen LogP contribution in [0.15, 0.2) is 47.5 Å². The minimum Gasteiger partial charge on any atom is -0.337 e. The van der Waals surface area contributed by atoms with Crippen LogP contribution in [0, 0.1) is 12.3 Å². The van der Waals surface area contributed by atoms with Crippen molar-refractivity contribution in [1.29, 1.82) is 0 Å².